The van der Waals surface area contributed by atoms with E-state index in [1.54, 1.807) is 31.4 Å². The van der Waals surface area contributed by atoms with Crippen LogP contribution in [0.5, 0.6) is 11.5 Å². The molecular formula is C20H21N3O3S. The quantitative estimate of drug-likeness (QED) is 0.437. The Hall–Kier alpha value is -2.80. The van der Waals surface area contributed by atoms with Gasteiger partial charge in [-0.05, 0) is 42.8 Å². The minimum absolute atomic E-state index is 0.0309. The summed E-state index contributed by atoms with van der Waals surface area (Å²) in [6, 6.07) is 14.9. The van der Waals surface area contributed by atoms with E-state index in [4.69, 9.17) is 9.47 Å². The van der Waals surface area contributed by atoms with Crippen LogP contribution >= 0.6 is 11.8 Å². The van der Waals surface area contributed by atoms with Crippen LogP contribution < -0.4 is 9.47 Å². The largest absolute Gasteiger partial charge is 0.497 e. The smallest absolute Gasteiger partial charge is 0.191 e. The predicted octanol–water partition coefficient (Wildman–Crippen LogP) is 3.69. The zero-order valence-corrected chi connectivity index (χ0v) is 16.3. The summed E-state index contributed by atoms with van der Waals surface area (Å²) in [6.45, 7) is 2.32. The standard InChI is InChI=1S/C20H21N3O3S/c1-14-6-4-5-7-18(14)26-12-19-21-22-20(23(19)2)27-13-17(24)15-8-10-16(25-3)11-9-15/h4-11H,12-13H2,1-3H3. The van der Waals surface area contributed by atoms with Crippen LogP contribution in [0.25, 0.3) is 0 Å². The fraction of sp³-hybridized carbons (Fsp3) is 0.250. The third-order valence-corrected chi connectivity index (χ3v) is 5.14. The Morgan fingerprint density at radius 1 is 1.11 bits per heavy atom. The summed E-state index contributed by atoms with van der Waals surface area (Å²) in [7, 11) is 3.47. The molecule has 27 heavy (non-hydrogen) atoms. The van der Waals surface area contributed by atoms with Crippen LogP contribution in [0.2, 0.25) is 0 Å². The molecule has 0 aliphatic heterocycles. The molecule has 3 rings (SSSR count). The highest BCUT2D eigenvalue weighted by molar-refractivity contribution is 7.99. The van der Waals surface area contributed by atoms with E-state index in [1.807, 2.05) is 42.8 Å². The zero-order valence-electron chi connectivity index (χ0n) is 15.5. The van der Waals surface area contributed by atoms with Crippen LogP contribution in [0.3, 0.4) is 0 Å². The Balaban J connectivity index is 1.58. The number of aryl methyl sites for hydroxylation is 1. The number of aromatic nitrogens is 3. The van der Waals surface area contributed by atoms with Crippen LogP contribution in [-0.2, 0) is 13.7 Å². The Morgan fingerprint density at radius 2 is 1.85 bits per heavy atom. The molecule has 0 N–H and O–H groups in total. The predicted molar refractivity (Wildman–Crippen MR) is 105 cm³/mol. The highest BCUT2D eigenvalue weighted by atomic mass is 32.2. The van der Waals surface area contributed by atoms with E-state index in [0.717, 1.165) is 17.1 Å². The molecule has 0 unspecified atom stereocenters. The molecule has 140 valence electrons. The fourth-order valence-electron chi connectivity index (χ4n) is 2.45. The second kappa shape index (κ2) is 8.73. The van der Waals surface area contributed by atoms with Gasteiger partial charge in [0.25, 0.3) is 0 Å². The first-order valence-corrected chi connectivity index (χ1v) is 9.44. The molecule has 0 atom stereocenters. The number of thioether (sulfide) groups is 1. The molecule has 6 nitrogen and oxygen atoms in total. The van der Waals surface area contributed by atoms with E-state index in [-0.39, 0.29) is 11.5 Å². The van der Waals surface area contributed by atoms with Crippen LogP contribution in [0.4, 0.5) is 0 Å². The normalized spacial score (nSPS) is 10.6. The third-order valence-electron chi connectivity index (χ3n) is 4.12. The first-order chi connectivity index (χ1) is 13.1. The lowest BCUT2D eigenvalue weighted by Crippen LogP contribution is -2.06. The van der Waals surface area contributed by atoms with Crippen molar-refractivity contribution in [1.29, 1.82) is 0 Å². The summed E-state index contributed by atoms with van der Waals surface area (Å²) in [5.41, 5.74) is 1.72. The van der Waals surface area contributed by atoms with Crippen molar-refractivity contribution < 1.29 is 14.3 Å². The maximum atomic E-state index is 12.3. The summed E-state index contributed by atoms with van der Waals surface area (Å²) >= 11 is 1.36. The molecule has 0 radical (unpaired) electrons. The molecule has 0 aliphatic carbocycles. The van der Waals surface area contributed by atoms with Crippen molar-refractivity contribution in [3.8, 4) is 11.5 Å². The molecular weight excluding hydrogens is 362 g/mol. The summed E-state index contributed by atoms with van der Waals surface area (Å²) in [5.74, 6) is 2.58. The first-order valence-electron chi connectivity index (χ1n) is 8.45. The lowest BCUT2D eigenvalue weighted by atomic mass is 10.1. The Bertz CT molecular complexity index is 922. The summed E-state index contributed by atoms with van der Waals surface area (Å²) in [4.78, 5) is 12.3. The maximum absolute atomic E-state index is 12.3. The third kappa shape index (κ3) is 4.68. The molecule has 0 amide bonds. The highest BCUT2D eigenvalue weighted by Gasteiger charge is 2.13. The SMILES string of the molecule is COc1ccc(C(=O)CSc2nnc(COc3ccccc3C)n2C)cc1. The zero-order chi connectivity index (χ0) is 19.2. The van der Waals surface area contributed by atoms with Gasteiger partial charge in [-0.2, -0.15) is 0 Å². The molecule has 0 aliphatic rings. The second-order valence-corrected chi connectivity index (χ2v) is 6.89. The van der Waals surface area contributed by atoms with Crippen molar-refractivity contribution in [3.63, 3.8) is 0 Å². The van der Waals surface area contributed by atoms with Gasteiger partial charge in [0.2, 0.25) is 0 Å². The van der Waals surface area contributed by atoms with Crippen molar-refractivity contribution in [1.82, 2.24) is 14.8 Å². The van der Waals surface area contributed by atoms with Crippen molar-refractivity contribution >= 4 is 17.5 Å². The minimum atomic E-state index is 0.0309. The number of benzene rings is 2. The highest BCUT2D eigenvalue weighted by Crippen LogP contribution is 2.21. The molecule has 0 saturated heterocycles. The number of rotatable bonds is 8. The van der Waals surface area contributed by atoms with Crippen molar-refractivity contribution in [2.24, 2.45) is 7.05 Å². The fourth-order valence-corrected chi connectivity index (χ4v) is 3.27. The average Bonchev–Trinajstić information content (AvgIpc) is 3.05. The van der Waals surface area contributed by atoms with Gasteiger partial charge in [0, 0.05) is 12.6 Å². The van der Waals surface area contributed by atoms with E-state index in [0.29, 0.717) is 23.2 Å². The van der Waals surface area contributed by atoms with E-state index in [9.17, 15) is 4.79 Å². The number of para-hydroxylation sites is 1. The van der Waals surface area contributed by atoms with Gasteiger partial charge in [0.15, 0.2) is 16.8 Å². The van der Waals surface area contributed by atoms with Crippen LogP contribution in [-0.4, -0.2) is 33.4 Å². The Morgan fingerprint density at radius 3 is 2.56 bits per heavy atom. The summed E-state index contributed by atoms with van der Waals surface area (Å²) in [5, 5.41) is 9.02. The first kappa shape index (κ1) is 19.0. The molecule has 0 spiro atoms. The molecule has 3 aromatic rings. The second-order valence-electron chi connectivity index (χ2n) is 5.95. The lowest BCUT2D eigenvalue weighted by Gasteiger charge is -2.08. The average molecular weight is 383 g/mol. The van der Waals surface area contributed by atoms with Crippen LogP contribution in [0.15, 0.2) is 53.7 Å². The van der Waals surface area contributed by atoms with Crippen LogP contribution in [0, 0.1) is 6.92 Å². The number of Topliss-reactive ketones (excluding diaryl/α,β-unsaturated/α-hetero) is 1. The molecule has 0 saturated carbocycles. The lowest BCUT2D eigenvalue weighted by molar-refractivity contribution is 0.102. The van der Waals surface area contributed by atoms with E-state index in [1.165, 1.54) is 11.8 Å². The summed E-state index contributed by atoms with van der Waals surface area (Å²) in [6.07, 6.45) is 0. The Kier molecular flexibility index (Phi) is 6.13. The van der Waals surface area contributed by atoms with Crippen molar-refractivity contribution in [2.75, 3.05) is 12.9 Å². The molecule has 1 aromatic heterocycles. The minimum Gasteiger partial charge on any atom is -0.497 e. The van der Waals surface area contributed by atoms with Gasteiger partial charge in [-0.25, -0.2) is 0 Å². The molecule has 1 heterocycles. The van der Waals surface area contributed by atoms with Crippen molar-refractivity contribution in [2.45, 2.75) is 18.7 Å². The molecule has 0 bridgehead atoms. The number of ketones is 1. The Labute approximate surface area is 162 Å². The maximum Gasteiger partial charge on any atom is 0.191 e. The van der Waals surface area contributed by atoms with Gasteiger partial charge in [0.1, 0.15) is 18.1 Å². The number of carbonyl (C=O) groups is 1. The van der Waals surface area contributed by atoms with Crippen LogP contribution in [0.1, 0.15) is 21.7 Å². The molecule has 7 heteroatoms. The number of nitrogens with zero attached hydrogens (tertiary/aromatic N) is 3. The van der Waals surface area contributed by atoms with Gasteiger partial charge in [-0.15, -0.1) is 10.2 Å². The molecule has 0 fully saturated rings. The van der Waals surface area contributed by atoms with Gasteiger partial charge >= 0.3 is 0 Å². The van der Waals surface area contributed by atoms with Gasteiger partial charge in [-0.3, -0.25) is 4.79 Å². The number of hydrogen-bond donors (Lipinski definition) is 0. The number of carbonyl (C=O) groups excluding carboxylic acids is 1. The number of ether oxygens (including phenoxy) is 2. The number of hydrogen-bond acceptors (Lipinski definition) is 6. The molecule has 2 aromatic carbocycles. The van der Waals surface area contributed by atoms with Gasteiger partial charge in [0.05, 0.1) is 12.9 Å². The van der Waals surface area contributed by atoms with E-state index in [2.05, 4.69) is 10.2 Å². The van der Waals surface area contributed by atoms with E-state index < -0.39 is 0 Å². The number of methoxy groups -OCH3 is 1. The summed E-state index contributed by atoms with van der Waals surface area (Å²) < 4.78 is 12.8. The monoisotopic (exact) mass is 383 g/mol. The van der Waals surface area contributed by atoms with E-state index >= 15 is 0 Å². The van der Waals surface area contributed by atoms with Gasteiger partial charge in [-0.1, -0.05) is 30.0 Å². The van der Waals surface area contributed by atoms with Gasteiger partial charge < -0.3 is 14.0 Å². The van der Waals surface area contributed by atoms with Crippen molar-refractivity contribution in [3.05, 3.63) is 65.5 Å². The topological polar surface area (TPSA) is 66.2 Å².